The highest BCUT2D eigenvalue weighted by Crippen LogP contribution is 2.29. The molecule has 0 fully saturated rings. The van der Waals surface area contributed by atoms with Gasteiger partial charge in [0.25, 0.3) is 5.91 Å². The maximum atomic E-state index is 11.7. The van der Waals surface area contributed by atoms with E-state index >= 15 is 0 Å². The van der Waals surface area contributed by atoms with Crippen LogP contribution in [0.15, 0.2) is 18.2 Å². The molecule has 1 aromatic rings. The van der Waals surface area contributed by atoms with Gasteiger partial charge < -0.3 is 20.5 Å². The van der Waals surface area contributed by atoms with Crippen molar-refractivity contribution in [2.24, 2.45) is 11.7 Å². The maximum Gasteiger partial charge on any atom is 0.257 e. The molecule has 1 amide bonds. The van der Waals surface area contributed by atoms with Crippen molar-refractivity contribution < 1.29 is 14.3 Å². The predicted octanol–water partition coefficient (Wildman–Crippen LogP) is 2.26. The third-order valence-electron chi connectivity index (χ3n) is 3.12. The van der Waals surface area contributed by atoms with Gasteiger partial charge in [-0.2, -0.15) is 0 Å². The lowest BCUT2D eigenvalue weighted by molar-refractivity contribution is -0.123. The van der Waals surface area contributed by atoms with Crippen molar-refractivity contribution in [3.63, 3.8) is 0 Å². The largest absolute Gasteiger partial charge is 0.493 e. The molecule has 1 atom stereocenters. The number of rotatable bonds is 8. The summed E-state index contributed by atoms with van der Waals surface area (Å²) in [6, 6.07) is 5.40. The van der Waals surface area contributed by atoms with Gasteiger partial charge in [-0.3, -0.25) is 4.79 Å². The SMILES string of the molecule is COc1cc([C@@H](C)N)ccc1OCC(=O)NCCC(C)C. The van der Waals surface area contributed by atoms with E-state index in [-0.39, 0.29) is 18.6 Å². The number of benzene rings is 1. The van der Waals surface area contributed by atoms with Crippen LogP contribution in [0.4, 0.5) is 0 Å². The standard InChI is InChI=1S/C16H26N2O3/c1-11(2)7-8-18-16(19)10-21-14-6-5-13(12(3)17)9-15(14)20-4/h5-6,9,11-12H,7-8,10,17H2,1-4H3,(H,18,19)/t12-/m1/s1. The van der Waals surface area contributed by atoms with Gasteiger partial charge in [-0.1, -0.05) is 19.9 Å². The third kappa shape index (κ3) is 6.04. The van der Waals surface area contributed by atoms with E-state index in [2.05, 4.69) is 19.2 Å². The van der Waals surface area contributed by atoms with E-state index in [1.807, 2.05) is 19.1 Å². The fraction of sp³-hybridized carbons (Fsp3) is 0.562. The molecule has 0 unspecified atom stereocenters. The van der Waals surface area contributed by atoms with Crippen LogP contribution in [0.5, 0.6) is 11.5 Å². The number of carbonyl (C=O) groups is 1. The summed E-state index contributed by atoms with van der Waals surface area (Å²) in [6.07, 6.45) is 0.956. The van der Waals surface area contributed by atoms with Crippen LogP contribution in [0.2, 0.25) is 0 Å². The van der Waals surface area contributed by atoms with Crippen LogP contribution < -0.4 is 20.5 Å². The molecule has 0 radical (unpaired) electrons. The van der Waals surface area contributed by atoms with E-state index in [4.69, 9.17) is 15.2 Å². The molecular weight excluding hydrogens is 268 g/mol. The number of amides is 1. The number of hydrogen-bond acceptors (Lipinski definition) is 4. The lowest BCUT2D eigenvalue weighted by atomic mass is 10.1. The molecule has 21 heavy (non-hydrogen) atoms. The van der Waals surface area contributed by atoms with E-state index in [1.165, 1.54) is 0 Å². The molecule has 0 aliphatic heterocycles. The molecule has 3 N–H and O–H groups in total. The first-order valence-corrected chi connectivity index (χ1v) is 7.27. The average molecular weight is 294 g/mol. The molecule has 5 nitrogen and oxygen atoms in total. The fourth-order valence-electron chi connectivity index (χ4n) is 1.78. The average Bonchev–Trinajstić information content (AvgIpc) is 2.44. The van der Waals surface area contributed by atoms with Crippen molar-refractivity contribution >= 4 is 5.91 Å². The summed E-state index contributed by atoms with van der Waals surface area (Å²) in [7, 11) is 1.57. The Morgan fingerprint density at radius 1 is 1.29 bits per heavy atom. The van der Waals surface area contributed by atoms with Gasteiger partial charge in [0.1, 0.15) is 0 Å². The summed E-state index contributed by atoms with van der Waals surface area (Å²) in [4.78, 5) is 11.7. The van der Waals surface area contributed by atoms with E-state index in [9.17, 15) is 4.79 Å². The normalized spacial score (nSPS) is 12.1. The Morgan fingerprint density at radius 3 is 2.57 bits per heavy atom. The predicted molar refractivity (Wildman–Crippen MR) is 83.6 cm³/mol. The van der Waals surface area contributed by atoms with Crippen LogP contribution in [0.1, 0.15) is 38.8 Å². The Kier molecular flexibility index (Phi) is 7.02. The fourth-order valence-corrected chi connectivity index (χ4v) is 1.78. The highest BCUT2D eigenvalue weighted by atomic mass is 16.5. The summed E-state index contributed by atoms with van der Waals surface area (Å²) in [5, 5.41) is 2.83. The van der Waals surface area contributed by atoms with Gasteiger partial charge >= 0.3 is 0 Å². The second-order valence-corrected chi connectivity index (χ2v) is 5.52. The zero-order valence-corrected chi connectivity index (χ0v) is 13.3. The van der Waals surface area contributed by atoms with Crippen molar-refractivity contribution in [1.82, 2.24) is 5.32 Å². The van der Waals surface area contributed by atoms with Gasteiger partial charge in [-0.15, -0.1) is 0 Å². The molecule has 0 heterocycles. The van der Waals surface area contributed by atoms with E-state index in [0.29, 0.717) is 24.0 Å². The molecule has 1 aromatic carbocycles. The topological polar surface area (TPSA) is 73.6 Å². The molecule has 5 heteroatoms. The molecule has 118 valence electrons. The van der Waals surface area contributed by atoms with Crippen molar-refractivity contribution in [3.05, 3.63) is 23.8 Å². The molecule has 0 aliphatic carbocycles. The van der Waals surface area contributed by atoms with Crippen LogP contribution in [-0.2, 0) is 4.79 Å². The summed E-state index contributed by atoms with van der Waals surface area (Å²) in [5.41, 5.74) is 6.79. The zero-order chi connectivity index (χ0) is 15.8. The van der Waals surface area contributed by atoms with Crippen molar-refractivity contribution in [1.29, 1.82) is 0 Å². The third-order valence-corrected chi connectivity index (χ3v) is 3.12. The van der Waals surface area contributed by atoms with Crippen molar-refractivity contribution in [2.45, 2.75) is 33.2 Å². The molecule has 0 bridgehead atoms. The summed E-state index contributed by atoms with van der Waals surface area (Å²) >= 11 is 0. The molecule has 1 rings (SSSR count). The monoisotopic (exact) mass is 294 g/mol. The first kappa shape index (κ1) is 17.3. The highest BCUT2D eigenvalue weighted by molar-refractivity contribution is 5.77. The van der Waals surface area contributed by atoms with Crippen LogP contribution in [-0.4, -0.2) is 26.2 Å². The first-order chi connectivity index (χ1) is 9.93. The molecule has 0 aromatic heterocycles. The number of hydrogen-bond donors (Lipinski definition) is 2. The van der Waals surface area contributed by atoms with Gasteiger partial charge in [0.2, 0.25) is 0 Å². The van der Waals surface area contributed by atoms with Gasteiger partial charge in [0.05, 0.1) is 7.11 Å². The smallest absolute Gasteiger partial charge is 0.257 e. The minimum atomic E-state index is -0.131. The summed E-state index contributed by atoms with van der Waals surface area (Å²) in [6.45, 7) is 6.78. The van der Waals surface area contributed by atoms with Crippen LogP contribution in [0, 0.1) is 5.92 Å². The number of methoxy groups -OCH3 is 1. The Balaban J connectivity index is 2.53. The Bertz CT molecular complexity index is 459. The van der Waals surface area contributed by atoms with Gasteiger partial charge in [-0.05, 0) is 37.0 Å². The second kappa shape index (κ2) is 8.52. The van der Waals surface area contributed by atoms with Crippen LogP contribution in [0.25, 0.3) is 0 Å². The van der Waals surface area contributed by atoms with E-state index < -0.39 is 0 Å². The highest BCUT2D eigenvalue weighted by Gasteiger charge is 2.10. The van der Waals surface area contributed by atoms with E-state index in [1.54, 1.807) is 13.2 Å². The summed E-state index contributed by atoms with van der Waals surface area (Å²) < 4.78 is 10.8. The Morgan fingerprint density at radius 2 is 2.00 bits per heavy atom. The molecule has 0 saturated carbocycles. The number of carbonyl (C=O) groups excluding carboxylic acids is 1. The zero-order valence-electron chi connectivity index (χ0n) is 13.3. The van der Waals surface area contributed by atoms with Crippen molar-refractivity contribution in [3.8, 4) is 11.5 Å². The molecular formula is C16H26N2O3. The molecule has 0 aliphatic rings. The van der Waals surface area contributed by atoms with Crippen molar-refractivity contribution in [2.75, 3.05) is 20.3 Å². The lowest BCUT2D eigenvalue weighted by Crippen LogP contribution is -2.30. The number of nitrogens with one attached hydrogen (secondary N) is 1. The lowest BCUT2D eigenvalue weighted by Gasteiger charge is -2.13. The maximum absolute atomic E-state index is 11.7. The van der Waals surface area contributed by atoms with Crippen LogP contribution >= 0.6 is 0 Å². The van der Waals surface area contributed by atoms with Gasteiger partial charge in [0.15, 0.2) is 18.1 Å². The Labute approximate surface area is 126 Å². The quantitative estimate of drug-likeness (QED) is 0.771. The second-order valence-electron chi connectivity index (χ2n) is 5.52. The number of nitrogens with two attached hydrogens (primary N) is 1. The minimum absolute atomic E-state index is 0.0218. The van der Waals surface area contributed by atoms with Gasteiger partial charge in [-0.25, -0.2) is 0 Å². The van der Waals surface area contributed by atoms with Crippen LogP contribution in [0.3, 0.4) is 0 Å². The summed E-state index contributed by atoms with van der Waals surface area (Å²) in [5.74, 6) is 1.56. The number of ether oxygens (including phenoxy) is 2. The minimum Gasteiger partial charge on any atom is -0.493 e. The molecule has 0 saturated heterocycles. The Hall–Kier alpha value is -1.75. The van der Waals surface area contributed by atoms with E-state index in [0.717, 1.165) is 12.0 Å². The molecule has 0 spiro atoms. The first-order valence-electron chi connectivity index (χ1n) is 7.27. The van der Waals surface area contributed by atoms with Gasteiger partial charge in [0, 0.05) is 12.6 Å².